The van der Waals surface area contributed by atoms with Crippen LogP contribution in [0.25, 0.3) is 16.3 Å². The van der Waals surface area contributed by atoms with Crippen LogP contribution in [0, 0.1) is 5.92 Å². The third-order valence-corrected chi connectivity index (χ3v) is 6.11. The van der Waals surface area contributed by atoms with Crippen molar-refractivity contribution in [3.05, 3.63) is 59.1 Å². The summed E-state index contributed by atoms with van der Waals surface area (Å²) in [7, 11) is 0. The Morgan fingerprint density at radius 2 is 1.79 bits per heavy atom. The second-order valence-corrected chi connectivity index (χ2v) is 8.67. The summed E-state index contributed by atoms with van der Waals surface area (Å²) in [6.07, 6.45) is 11.9. The van der Waals surface area contributed by atoms with E-state index in [1.807, 2.05) is 39.1 Å². The van der Waals surface area contributed by atoms with Crippen molar-refractivity contribution >= 4 is 28.1 Å². The Morgan fingerprint density at radius 3 is 2.38 bits per heavy atom. The lowest BCUT2D eigenvalue weighted by molar-refractivity contribution is -0.117. The van der Waals surface area contributed by atoms with E-state index in [1.165, 1.54) is 5.57 Å². The van der Waals surface area contributed by atoms with Crippen LogP contribution in [0.3, 0.4) is 0 Å². The maximum absolute atomic E-state index is 12.0. The normalized spacial score (nSPS) is 15.9. The fourth-order valence-electron chi connectivity index (χ4n) is 3.85. The van der Waals surface area contributed by atoms with Crippen molar-refractivity contribution in [1.82, 2.24) is 9.97 Å². The van der Waals surface area contributed by atoms with Crippen LogP contribution in [0.15, 0.2) is 53.4 Å². The minimum atomic E-state index is -0.453. The molecule has 2 aromatic rings. The topological polar surface area (TPSA) is 75.1 Å². The van der Waals surface area contributed by atoms with Gasteiger partial charge in [0.25, 0.3) is 0 Å². The first kappa shape index (κ1) is 27.5. The number of nitrogens with one attached hydrogen (secondary N) is 1. The van der Waals surface area contributed by atoms with Crippen LogP contribution >= 0.6 is 0 Å². The Bertz CT molecular complexity index is 1080. The van der Waals surface area contributed by atoms with Gasteiger partial charge in [0.15, 0.2) is 0 Å². The molecule has 184 valence electrons. The van der Waals surface area contributed by atoms with E-state index in [1.54, 1.807) is 6.20 Å². The number of hydrogen-bond donors (Lipinski definition) is 2. The standard InChI is InChI=1S/C27H35N3O2.C2H6/c1-6-9-25(31)23(17(4)7-2)12-18(5)22(8-3)24-13-20-16-29-26(14-21(20)15-28-24)30-27(32)19-10-11-19;1-2/h8,12-16,19,25,31H,6-7,9-11H2,1-5H3,(H,29,30,32);1-2H3/b18-12-,22-8+,23-17-;. The van der Waals surface area contributed by atoms with Gasteiger partial charge in [-0.15, -0.1) is 0 Å². The quantitative estimate of drug-likeness (QED) is 0.384. The number of carbonyl (C=O) groups is 1. The monoisotopic (exact) mass is 463 g/mol. The number of fused-ring (bicyclic) bond motifs is 1. The molecular weight excluding hydrogens is 422 g/mol. The summed E-state index contributed by atoms with van der Waals surface area (Å²) in [6, 6.07) is 3.90. The molecule has 2 aromatic heterocycles. The van der Waals surface area contributed by atoms with Gasteiger partial charge in [0.05, 0.1) is 11.8 Å². The molecule has 1 aliphatic carbocycles. The zero-order valence-electron chi connectivity index (χ0n) is 21.9. The van der Waals surface area contributed by atoms with E-state index in [-0.39, 0.29) is 11.8 Å². The van der Waals surface area contributed by atoms with Gasteiger partial charge in [-0.25, -0.2) is 4.98 Å². The summed E-state index contributed by atoms with van der Waals surface area (Å²) in [4.78, 5) is 21.1. The molecule has 1 fully saturated rings. The first-order chi connectivity index (χ1) is 16.4. The van der Waals surface area contributed by atoms with Gasteiger partial charge in [0.2, 0.25) is 5.91 Å². The predicted molar refractivity (Wildman–Crippen MR) is 144 cm³/mol. The molecule has 3 rings (SSSR count). The molecule has 0 bridgehead atoms. The summed E-state index contributed by atoms with van der Waals surface area (Å²) in [5, 5.41) is 15.5. The zero-order chi connectivity index (χ0) is 25.3. The number of anilines is 1. The highest BCUT2D eigenvalue weighted by molar-refractivity contribution is 5.95. The molecule has 2 heterocycles. The molecule has 1 amide bonds. The number of nitrogens with zero attached hydrogens (tertiary/aromatic N) is 2. The maximum Gasteiger partial charge on any atom is 0.228 e. The van der Waals surface area contributed by atoms with Crippen LogP contribution in [0.2, 0.25) is 0 Å². The summed E-state index contributed by atoms with van der Waals surface area (Å²) in [5.41, 5.74) is 5.17. The van der Waals surface area contributed by atoms with Crippen LogP contribution in [-0.4, -0.2) is 27.1 Å². The van der Waals surface area contributed by atoms with Gasteiger partial charge < -0.3 is 10.4 Å². The van der Waals surface area contributed by atoms with E-state index < -0.39 is 6.10 Å². The van der Waals surface area contributed by atoms with Crippen molar-refractivity contribution in [3.8, 4) is 0 Å². The van der Waals surface area contributed by atoms with E-state index in [9.17, 15) is 9.90 Å². The van der Waals surface area contributed by atoms with E-state index in [2.05, 4.69) is 50.1 Å². The predicted octanol–water partition coefficient (Wildman–Crippen LogP) is 7.24. The van der Waals surface area contributed by atoms with Crippen molar-refractivity contribution < 1.29 is 9.90 Å². The molecule has 5 heteroatoms. The Labute approximate surface area is 205 Å². The second-order valence-electron chi connectivity index (χ2n) is 8.67. The van der Waals surface area contributed by atoms with Gasteiger partial charge in [0.1, 0.15) is 5.82 Å². The number of aliphatic hydroxyl groups excluding tert-OH is 1. The number of amides is 1. The van der Waals surface area contributed by atoms with Gasteiger partial charge in [0, 0.05) is 29.1 Å². The van der Waals surface area contributed by atoms with Crippen LogP contribution < -0.4 is 5.32 Å². The van der Waals surface area contributed by atoms with Gasteiger partial charge >= 0.3 is 0 Å². The van der Waals surface area contributed by atoms with Gasteiger partial charge in [-0.3, -0.25) is 9.78 Å². The third kappa shape index (κ3) is 7.10. The molecule has 0 aliphatic heterocycles. The summed E-state index contributed by atoms with van der Waals surface area (Å²) in [5.74, 6) is 0.766. The van der Waals surface area contributed by atoms with E-state index >= 15 is 0 Å². The number of pyridine rings is 2. The fraction of sp³-hybridized carbons (Fsp3) is 0.483. The minimum absolute atomic E-state index is 0.0508. The first-order valence-electron chi connectivity index (χ1n) is 12.7. The molecule has 0 aromatic carbocycles. The van der Waals surface area contributed by atoms with E-state index in [0.717, 1.165) is 65.3 Å². The number of hydrogen-bond acceptors (Lipinski definition) is 4. The number of aromatic nitrogens is 2. The highest BCUT2D eigenvalue weighted by Crippen LogP contribution is 2.31. The van der Waals surface area contributed by atoms with Crippen molar-refractivity contribution in [2.24, 2.45) is 5.92 Å². The molecule has 5 nitrogen and oxygen atoms in total. The number of allylic oxidation sites excluding steroid dienone is 4. The first-order valence-corrected chi connectivity index (χ1v) is 12.7. The van der Waals surface area contributed by atoms with Crippen LogP contribution in [-0.2, 0) is 4.79 Å². The molecule has 0 radical (unpaired) electrons. The van der Waals surface area contributed by atoms with Crippen molar-refractivity contribution in [2.45, 2.75) is 86.7 Å². The molecule has 0 spiro atoms. The largest absolute Gasteiger partial charge is 0.388 e. The van der Waals surface area contributed by atoms with Crippen molar-refractivity contribution in [1.29, 1.82) is 0 Å². The molecule has 0 saturated heterocycles. The van der Waals surface area contributed by atoms with Gasteiger partial charge in [-0.05, 0) is 75.3 Å². The highest BCUT2D eigenvalue weighted by atomic mass is 16.3. The summed E-state index contributed by atoms with van der Waals surface area (Å²) in [6.45, 7) is 14.4. The minimum Gasteiger partial charge on any atom is -0.388 e. The lowest BCUT2D eigenvalue weighted by Gasteiger charge is -2.17. The zero-order valence-corrected chi connectivity index (χ0v) is 21.9. The smallest absolute Gasteiger partial charge is 0.228 e. The average molecular weight is 464 g/mol. The molecule has 1 atom stereocenters. The molecule has 34 heavy (non-hydrogen) atoms. The number of rotatable bonds is 9. The van der Waals surface area contributed by atoms with Crippen LogP contribution in [0.4, 0.5) is 5.82 Å². The number of carbonyl (C=O) groups excluding carboxylic acids is 1. The number of aliphatic hydroxyl groups is 1. The van der Waals surface area contributed by atoms with Crippen molar-refractivity contribution in [3.63, 3.8) is 0 Å². The average Bonchev–Trinajstić information content (AvgIpc) is 3.69. The maximum atomic E-state index is 12.0. The van der Waals surface area contributed by atoms with Crippen LogP contribution in [0.1, 0.15) is 86.3 Å². The Balaban J connectivity index is 0.00000199. The third-order valence-electron chi connectivity index (χ3n) is 6.11. The van der Waals surface area contributed by atoms with Gasteiger partial charge in [-0.1, -0.05) is 51.8 Å². The van der Waals surface area contributed by atoms with Crippen molar-refractivity contribution in [2.75, 3.05) is 5.32 Å². The SMILES string of the molecule is CC.C\C=C(/C(C)=C\C(=C(/C)CC)C(O)CCC)c1cc2cnc(NC(=O)C3CC3)cc2cn1. The molecule has 1 unspecified atom stereocenters. The lowest BCUT2D eigenvalue weighted by atomic mass is 9.93. The van der Waals surface area contributed by atoms with E-state index in [4.69, 9.17) is 4.98 Å². The Kier molecular flexibility index (Phi) is 10.6. The Hall–Kier alpha value is -2.79. The summed E-state index contributed by atoms with van der Waals surface area (Å²) >= 11 is 0. The van der Waals surface area contributed by atoms with Gasteiger partial charge in [-0.2, -0.15) is 0 Å². The molecule has 1 saturated carbocycles. The van der Waals surface area contributed by atoms with E-state index in [0.29, 0.717) is 5.82 Å². The summed E-state index contributed by atoms with van der Waals surface area (Å²) < 4.78 is 0. The van der Waals surface area contributed by atoms with Crippen LogP contribution in [0.5, 0.6) is 0 Å². The Morgan fingerprint density at radius 1 is 1.15 bits per heavy atom. The molecule has 1 aliphatic rings. The highest BCUT2D eigenvalue weighted by Gasteiger charge is 2.29. The molecule has 2 N–H and O–H groups in total. The molecular formula is C29H41N3O2. The fourth-order valence-corrected chi connectivity index (χ4v) is 3.85. The lowest BCUT2D eigenvalue weighted by Crippen LogP contribution is -2.14. The second kappa shape index (κ2) is 13.2.